The molecule has 0 aromatic carbocycles. The van der Waals surface area contributed by atoms with Crippen molar-refractivity contribution in [1.29, 1.82) is 0 Å². The highest BCUT2D eigenvalue weighted by molar-refractivity contribution is 7.18. The van der Waals surface area contributed by atoms with Gasteiger partial charge in [-0.3, -0.25) is 4.98 Å². The van der Waals surface area contributed by atoms with Gasteiger partial charge in [0.2, 0.25) is 0 Å². The second-order valence-electron chi connectivity index (χ2n) is 3.99. The second-order valence-corrected chi connectivity index (χ2v) is 4.87. The fraction of sp³-hybridized carbons (Fsp3) is 0.154. The van der Waals surface area contributed by atoms with Crippen molar-refractivity contribution in [2.75, 3.05) is 5.32 Å². The summed E-state index contributed by atoms with van der Waals surface area (Å²) in [6, 6.07) is 5.88. The molecule has 0 amide bonds. The minimum atomic E-state index is 0.671. The summed E-state index contributed by atoms with van der Waals surface area (Å²) in [5, 5.41) is 5.42. The smallest absolute Gasteiger partial charge is 0.147 e. The van der Waals surface area contributed by atoms with E-state index in [0.29, 0.717) is 6.54 Å². The Morgan fingerprint density at radius 3 is 3.00 bits per heavy atom. The summed E-state index contributed by atoms with van der Waals surface area (Å²) in [4.78, 5) is 12.9. The average molecular weight is 256 g/mol. The van der Waals surface area contributed by atoms with Gasteiger partial charge in [-0.1, -0.05) is 6.07 Å². The zero-order valence-electron chi connectivity index (χ0n) is 9.92. The van der Waals surface area contributed by atoms with Gasteiger partial charge in [0.1, 0.15) is 12.1 Å². The first-order valence-corrected chi connectivity index (χ1v) is 6.55. The van der Waals surface area contributed by atoms with Gasteiger partial charge in [0.05, 0.1) is 22.5 Å². The van der Waals surface area contributed by atoms with Gasteiger partial charge in [-0.25, -0.2) is 9.97 Å². The highest BCUT2D eigenvalue weighted by Gasteiger charge is 2.07. The van der Waals surface area contributed by atoms with Crippen LogP contribution in [-0.4, -0.2) is 15.0 Å². The molecule has 4 nitrogen and oxygen atoms in total. The lowest BCUT2D eigenvalue weighted by atomic mass is 10.3. The molecule has 0 aliphatic rings. The SMILES string of the molecule is Cc1csc2c(NCc3ccccn3)ncnc12. The molecule has 0 radical (unpaired) electrons. The molecule has 3 aromatic heterocycles. The van der Waals surface area contributed by atoms with E-state index in [1.165, 1.54) is 5.56 Å². The third-order valence-electron chi connectivity index (χ3n) is 2.69. The predicted octanol–water partition coefficient (Wildman–Crippen LogP) is 3.01. The number of thiophene rings is 1. The molecule has 0 unspecified atom stereocenters. The molecule has 0 aliphatic carbocycles. The maximum Gasteiger partial charge on any atom is 0.147 e. The molecule has 0 fully saturated rings. The van der Waals surface area contributed by atoms with Crippen LogP contribution in [0.3, 0.4) is 0 Å². The third-order valence-corrected chi connectivity index (χ3v) is 3.79. The van der Waals surface area contributed by atoms with E-state index in [1.807, 2.05) is 18.2 Å². The van der Waals surface area contributed by atoms with Crippen LogP contribution in [0.5, 0.6) is 0 Å². The molecule has 0 saturated carbocycles. The summed E-state index contributed by atoms with van der Waals surface area (Å²) < 4.78 is 1.10. The van der Waals surface area contributed by atoms with Crippen LogP contribution in [0.15, 0.2) is 36.1 Å². The Morgan fingerprint density at radius 1 is 1.22 bits per heavy atom. The molecule has 3 aromatic rings. The van der Waals surface area contributed by atoms with Crippen molar-refractivity contribution in [2.24, 2.45) is 0 Å². The first-order valence-electron chi connectivity index (χ1n) is 5.67. The van der Waals surface area contributed by atoms with Crippen molar-refractivity contribution in [1.82, 2.24) is 15.0 Å². The van der Waals surface area contributed by atoms with Crippen molar-refractivity contribution in [3.63, 3.8) is 0 Å². The Bertz CT molecular complexity index is 663. The van der Waals surface area contributed by atoms with Crippen LogP contribution in [-0.2, 0) is 6.54 Å². The zero-order chi connectivity index (χ0) is 12.4. The minimum absolute atomic E-state index is 0.671. The van der Waals surface area contributed by atoms with Crippen molar-refractivity contribution in [3.8, 4) is 0 Å². The van der Waals surface area contributed by atoms with Gasteiger partial charge in [-0.15, -0.1) is 11.3 Å². The summed E-state index contributed by atoms with van der Waals surface area (Å²) >= 11 is 1.67. The fourth-order valence-electron chi connectivity index (χ4n) is 1.77. The number of aryl methyl sites for hydroxylation is 1. The first kappa shape index (κ1) is 11.1. The summed E-state index contributed by atoms with van der Waals surface area (Å²) in [7, 11) is 0. The van der Waals surface area contributed by atoms with Gasteiger partial charge in [-0.05, 0) is 30.0 Å². The van der Waals surface area contributed by atoms with Gasteiger partial charge in [0.25, 0.3) is 0 Å². The molecule has 1 N–H and O–H groups in total. The van der Waals surface area contributed by atoms with Crippen LogP contribution in [0, 0.1) is 6.92 Å². The van der Waals surface area contributed by atoms with Gasteiger partial charge in [-0.2, -0.15) is 0 Å². The van der Waals surface area contributed by atoms with Gasteiger partial charge >= 0.3 is 0 Å². The van der Waals surface area contributed by atoms with E-state index in [-0.39, 0.29) is 0 Å². The van der Waals surface area contributed by atoms with E-state index in [4.69, 9.17) is 0 Å². The number of hydrogen-bond acceptors (Lipinski definition) is 5. The Morgan fingerprint density at radius 2 is 2.17 bits per heavy atom. The Labute approximate surface area is 109 Å². The van der Waals surface area contributed by atoms with E-state index in [2.05, 4.69) is 32.6 Å². The summed E-state index contributed by atoms with van der Waals surface area (Å²) in [5.41, 5.74) is 3.22. The normalized spacial score (nSPS) is 10.7. The van der Waals surface area contributed by atoms with Crippen molar-refractivity contribution >= 4 is 27.4 Å². The molecule has 0 aliphatic heterocycles. The highest BCUT2D eigenvalue weighted by Crippen LogP contribution is 2.28. The van der Waals surface area contributed by atoms with Crippen molar-refractivity contribution in [2.45, 2.75) is 13.5 Å². The van der Waals surface area contributed by atoms with E-state index < -0.39 is 0 Å². The molecular formula is C13H12N4S. The summed E-state index contributed by atoms with van der Waals surface area (Å²) in [6.45, 7) is 2.73. The second kappa shape index (κ2) is 4.70. The van der Waals surface area contributed by atoms with E-state index in [0.717, 1.165) is 21.7 Å². The number of nitrogens with zero attached hydrogens (tertiary/aromatic N) is 3. The quantitative estimate of drug-likeness (QED) is 0.782. The number of rotatable bonds is 3. The highest BCUT2D eigenvalue weighted by atomic mass is 32.1. The summed E-state index contributed by atoms with van der Waals surface area (Å²) in [5.74, 6) is 0.878. The van der Waals surface area contributed by atoms with Crippen LogP contribution < -0.4 is 5.32 Å². The molecule has 18 heavy (non-hydrogen) atoms. The van der Waals surface area contributed by atoms with Gasteiger partial charge in [0, 0.05) is 6.20 Å². The van der Waals surface area contributed by atoms with Crippen LogP contribution >= 0.6 is 11.3 Å². The molecule has 90 valence electrons. The van der Waals surface area contributed by atoms with Gasteiger partial charge < -0.3 is 5.32 Å². The average Bonchev–Trinajstić information content (AvgIpc) is 2.80. The number of nitrogens with one attached hydrogen (secondary N) is 1. The lowest BCUT2D eigenvalue weighted by Gasteiger charge is -2.05. The number of aromatic nitrogens is 3. The maximum atomic E-state index is 4.30. The van der Waals surface area contributed by atoms with Crippen LogP contribution in [0.2, 0.25) is 0 Å². The third kappa shape index (κ3) is 2.04. The fourth-order valence-corrected chi connectivity index (χ4v) is 2.74. The number of fused-ring (bicyclic) bond motifs is 1. The molecule has 0 spiro atoms. The molecular weight excluding hydrogens is 244 g/mol. The first-order chi connectivity index (χ1) is 8.84. The Kier molecular flexibility index (Phi) is 2.90. The summed E-state index contributed by atoms with van der Waals surface area (Å²) in [6.07, 6.45) is 3.39. The molecule has 0 atom stereocenters. The number of pyridine rings is 1. The molecule has 0 bridgehead atoms. The Balaban J connectivity index is 1.87. The van der Waals surface area contributed by atoms with Crippen LogP contribution in [0.25, 0.3) is 10.2 Å². The van der Waals surface area contributed by atoms with Crippen LogP contribution in [0.1, 0.15) is 11.3 Å². The largest absolute Gasteiger partial charge is 0.363 e. The molecule has 5 heteroatoms. The standard InChI is InChI=1S/C13H12N4S/c1-9-7-18-12-11(9)16-8-17-13(12)15-6-10-4-2-3-5-14-10/h2-5,7-8H,6H2,1H3,(H,15,16,17). The predicted molar refractivity (Wildman–Crippen MR) is 73.7 cm³/mol. The number of hydrogen-bond donors (Lipinski definition) is 1. The number of anilines is 1. The maximum absolute atomic E-state index is 4.30. The van der Waals surface area contributed by atoms with Gasteiger partial charge in [0.15, 0.2) is 0 Å². The lowest BCUT2D eigenvalue weighted by Crippen LogP contribution is -2.03. The molecule has 0 saturated heterocycles. The monoisotopic (exact) mass is 256 g/mol. The van der Waals surface area contributed by atoms with E-state index in [9.17, 15) is 0 Å². The lowest BCUT2D eigenvalue weighted by molar-refractivity contribution is 1.03. The molecule has 3 heterocycles. The topological polar surface area (TPSA) is 50.7 Å². The zero-order valence-corrected chi connectivity index (χ0v) is 10.7. The minimum Gasteiger partial charge on any atom is -0.363 e. The van der Waals surface area contributed by atoms with Crippen LogP contribution in [0.4, 0.5) is 5.82 Å². The molecule has 3 rings (SSSR count). The van der Waals surface area contributed by atoms with E-state index >= 15 is 0 Å². The Hall–Kier alpha value is -2.01. The van der Waals surface area contributed by atoms with Crippen molar-refractivity contribution < 1.29 is 0 Å². The van der Waals surface area contributed by atoms with E-state index in [1.54, 1.807) is 23.9 Å². The van der Waals surface area contributed by atoms with Crippen molar-refractivity contribution in [3.05, 3.63) is 47.4 Å².